The summed E-state index contributed by atoms with van der Waals surface area (Å²) in [4.78, 5) is 0.189. The number of hydrogen-bond donors (Lipinski definition) is 2. The summed E-state index contributed by atoms with van der Waals surface area (Å²) in [6, 6.07) is 1.08. The van der Waals surface area contributed by atoms with Gasteiger partial charge in [-0.25, -0.2) is 13.1 Å². The van der Waals surface area contributed by atoms with Gasteiger partial charge < -0.3 is 14.9 Å². The summed E-state index contributed by atoms with van der Waals surface area (Å²) in [5.74, 6) is 0.545. The van der Waals surface area contributed by atoms with E-state index in [9.17, 15) is 8.42 Å². The van der Waals surface area contributed by atoms with E-state index in [0.29, 0.717) is 5.82 Å². The van der Waals surface area contributed by atoms with Crippen LogP contribution in [0.25, 0.3) is 0 Å². The van der Waals surface area contributed by atoms with E-state index in [1.54, 1.807) is 36.2 Å². The summed E-state index contributed by atoms with van der Waals surface area (Å²) in [6.45, 7) is 2.00. The van der Waals surface area contributed by atoms with Crippen LogP contribution >= 0.6 is 0 Å². The quantitative estimate of drug-likeness (QED) is 0.784. The van der Waals surface area contributed by atoms with Crippen LogP contribution in [0.5, 0.6) is 0 Å². The first-order valence-electron chi connectivity index (χ1n) is 6.06. The van der Waals surface area contributed by atoms with Crippen molar-refractivity contribution < 1.29 is 8.42 Å². The van der Waals surface area contributed by atoms with Gasteiger partial charge in [0.25, 0.3) is 0 Å². The lowest BCUT2D eigenvalue weighted by atomic mass is 10.3. The maximum atomic E-state index is 12.3. The van der Waals surface area contributed by atoms with Crippen molar-refractivity contribution in [3.8, 4) is 0 Å². The van der Waals surface area contributed by atoms with Gasteiger partial charge in [0.2, 0.25) is 10.0 Å². The fourth-order valence-electron chi connectivity index (χ4n) is 1.96. The van der Waals surface area contributed by atoms with Crippen LogP contribution in [0.1, 0.15) is 24.5 Å². The second-order valence-electron chi connectivity index (χ2n) is 4.63. The van der Waals surface area contributed by atoms with E-state index in [4.69, 9.17) is 5.73 Å². The Kier molecular flexibility index (Phi) is 3.93. The fraction of sp³-hybridized carbons (Fsp3) is 0.455. The normalized spacial score (nSPS) is 13.6. The molecule has 9 heteroatoms. The van der Waals surface area contributed by atoms with Crippen LogP contribution < -0.4 is 10.5 Å². The first kappa shape index (κ1) is 14.7. The molecule has 0 aliphatic rings. The van der Waals surface area contributed by atoms with E-state index in [0.717, 1.165) is 5.69 Å². The number of aryl methyl sites for hydroxylation is 2. The molecule has 0 bridgehead atoms. The molecule has 8 nitrogen and oxygen atoms in total. The maximum absolute atomic E-state index is 12.3. The lowest BCUT2D eigenvalue weighted by molar-refractivity contribution is 0.553. The molecule has 0 spiro atoms. The predicted octanol–water partition coefficient (Wildman–Crippen LogP) is -0.348. The Morgan fingerprint density at radius 2 is 2.10 bits per heavy atom. The van der Waals surface area contributed by atoms with Gasteiger partial charge in [0.15, 0.2) is 0 Å². The number of aromatic nitrogens is 4. The molecule has 20 heavy (non-hydrogen) atoms. The minimum Gasteiger partial charge on any atom is -0.352 e. The summed E-state index contributed by atoms with van der Waals surface area (Å²) >= 11 is 0. The van der Waals surface area contributed by atoms with Crippen molar-refractivity contribution in [1.29, 1.82) is 0 Å². The van der Waals surface area contributed by atoms with E-state index in [2.05, 4.69) is 14.9 Å². The number of nitrogens with zero attached hydrogens (tertiary/aromatic N) is 4. The second kappa shape index (κ2) is 5.35. The molecule has 1 unspecified atom stereocenters. The van der Waals surface area contributed by atoms with Crippen molar-refractivity contribution >= 4 is 10.0 Å². The Morgan fingerprint density at radius 3 is 2.60 bits per heavy atom. The largest absolute Gasteiger partial charge is 0.352 e. The third-order valence-corrected chi connectivity index (χ3v) is 4.58. The molecule has 3 N–H and O–H groups in total. The topological polar surface area (TPSA) is 108 Å². The van der Waals surface area contributed by atoms with Crippen LogP contribution in [-0.2, 0) is 30.7 Å². The van der Waals surface area contributed by atoms with Crippen molar-refractivity contribution in [3.63, 3.8) is 0 Å². The average molecular weight is 298 g/mol. The minimum absolute atomic E-state index is 0.189. The van der Waals surface area contributed by atoms with E-state index in [1.807, 2.05) is 0 Å². The average Bonchev–Trinajstić information content (AvgIpc) is 2.94. The Balaban J connectivity index is 2.25. The minimum atomic E-state index is -3.62. The molecule has 0 saturated heterocycles. The molecule has 2 heterocycles. The van der Waals surface area contributed by atoms with Crippen molar-refractivity contribution in [2.45, 2.75) is 24.4 Å². The van der Waals surface area contributed by atoms with Gasteiger partial charge >= 0.3 is 0 Å². The van der Waals surface area contributed by atoms with Crippen LogP contribution in [0.2, 0.25) is 0 Å². The number of rotatable bonds is 5. The summed E-state index contributed by atoms with van der Waals surface area (Å²) in [5, 5.41) is 7.63. The SMILES string of the molecule is CC(NS(=O)(=O)c1cc(CN)n(C)c1)c1nncn1C. The van der Waals surface area contributed by atoms with Crippen LogP contribution in [-0.4, -0.2) is 27.7 Å². The Hall–Kier alpha value is -1.71. The second-order valence-corrected chi connectivity index (χ2v) is 6.34. The zero-order chi connectivity index (χ0) is 14.9. The standard InChI is InChI=1S/C11H18N6O2S/c1-8(11-14-13-7-17(11)3)15-20(18,19)10-4-9(5-12)16(2)6-10/h4,6-8,15H,5,12H2,1-3H3. The fourth-order valence-corrected chi connectivity index (χ4v) is 3.26. The summed E-state index contributed by atoms with van der Waals surface area (Å²) < 4.78 is 30.6. The van der Waals surface area contributed by atoms with Gasteiger partial charge in [0.1, 0.15) is 12.2 Å². The summed E-state index contributed by atoms with van der Waals surface area (Å²) in [5.41, 5.74) is 6.29. The molecular weight excluding hydrogens is 280 g/mol. The molecule has 0 amide bonds. The van der Waals surface area contributed by atoms with Crippen molar-refractivity contribution in [1.82, 2.24) is 24.1 Å². The van der Waals surface area contributed by atoms with E-state index < -0.39 is 16.1 Å². The zero-order valence-corrected chi connectivity index (χ0v) is 12.4. The highest BCUT2D eigenvalue weighted by Crippen LogP contribution is 2.17. The highest BCUT2D eigenvalue weighted by atomic mass is 32.2. The van der Waals surface area contributed by atoms with Gasteiger partial charge in [0, 0.05) is 32.5 Å². The number of hydrogen-bond acceptors (Lipinski definition) is 5. The molecule has 0 aromatic carbocycles. The van der Waals surface area contributed by atoms with E-state index in [1.165, 1.54) is 12.5 Å². The first-order chi connectivity index (χ1) is 9.35. The first-order valence-corrected chi connectivity index (χ1v) is 7.55. The van der Waals surface area contributed by atoms with Crippen LogP contribution in [0.15, 0.2) is 23.5 Å². The van der Waals surface area contributed by atoms with Gasteiger partial charge in [-0.2, -0.15) is 0 Å². The molecule has 1 atom stereocenters. The van der Waals surface area contributed by atoms with Gasteiger partial charge in [-0.05, 0) is 13.0 Å². The molecule has 2 aromatic heterocycles. The van der Waals surface area contributed by atoms with E-state index >= 15 is 0 Å². The van der Waals surface area contributed by atoms with Crippen LogP contribution in [0.4, 0.5) is 0 Å². The summed E-state index contributed by atoms with van der Waals surface area (Å²) in [7, 11) is -0.105. The molecule has 0 radical (unpaired) electrons. The zero-order valence-electron chi connectivity index (χ0n) is 11.6. The third-order valence-electron chi connectivity index (χ3n) is 3.07. The Morgan fingerprint density at radius 1 is 1.40 bits per heavy atom. The molecule has 0 aliphatic carbocycles. The van der Waals surface area contributed by atoms with Crippen molar-refractivity contribution in [3.05, 3.63) is 30.1 Å². The number of nitrogens with two attached hydrogens (primary N) is 1. The molecule has 0 aliphatic heterocycles. The smallest absolute Gasteiger partial charge is 0.242 e. The molecule has 110 valence electrons. The Bertz CT molecular complexity index is 702. The highest BCUT2D eigenvalue weighted by molar-refractivity contribution is 7.89. The van der Waals surface area contributed by atoms with Gasteiger partial charge in [-0.3, -0.25) is 0 Å². The monoisotopic (exact) mass is 298 g/mol. The Labute approximate surface area is 117 Å². The third kappa shape index (κ3) is 2.74. The molecule has 0 saturated carbocycles. The predicted molar refractivity (Wildman–Crippen MR) is 73.0 cm³/mol. The van der Waals surface area contributed by atoms with Gasteiger partial charge in [0.05, 0.1) is 10.9 Å². The molecule has 2 aromatic rings. The van der Waals surface area contributed by atoms with Gasteiger partial charge in [-0.1, -0.05) is 0 Å². The van der Waals surface area contributed by atoms with E-state index in [-0.39, 0.29) is 11.4 Å². The molecular formula is C11H18N6O2S. The van der Waals surface area contributed by atoms with Crippen LogP contribution in [0.3, 0.4) is 0 Å². The number of sulfonamides is 1. The van der Waals surface area contributed by atoms with Crippen molar-refractivity contribution in [2.24, 2.45) is 19.8 Å². The van der Waals surface area contributed by atoms with Crippen LogP contribution in [0, 0.1) is 0 Å². The highest BCUT2D eigenvalue weighted by Gasteiger charge is 2.22. The van der Waals surface area contributed by atoms with Gasteiger partial charge in [-0.15, -0.1) is 10.2 Å². The molecule has 0 fully saturated rings. The lowest BCUT2D eigenvalue weighted by Gasteiger charge is -2.12. The molecule has 2 rings (SSSR count). The number of nitrogens with one attached hydrogen (secondary N) is 1. The lowest BCUT2D eigenvalue weighted by Crippen LogP contribution is -2.28. The summed E-state index contributed by atoms with van der Waals surface area (Å²) in [6.07, 6.45) is 3.06. The van der Waals surface area contributed by atoms with Crippen molar-refractivity contribution in [2.75, 3.05) is 0 Å². The maximum Gasteiger partial charge on any atom is 0.242 e.